The maximum Gasteiger partial charge on any atom is 0.265 e. The second-order valence-electron chi connectivity index (χ2n) is 7.85. The molecule has 2 aromatic carbocycles. The van der Waals surface area contributed by atoms with E-state index in [4.69, 9.17) is 9.47 Å². The number of imidazole rings is 1. The van der Waals surface area contributed by atoms with Crippen molar-refractivity contribution in [3.8, 4) is 5.75 Å². The van der Waals surface area contributed by atoms with Crippen LogP contribution >= 0.6 is 0 Å². The predicted octanol–water partition coefficient (Wildman–Crippen LogP) is 2.56. The third kappa shape index (κ3) is 4.27. The summed E-state index contributed by atoms with van der Waals surface area (Å²) in [6, 6.07) is 18.2. The number of hydrogen-bond donors (Lipinski definition) is 0. The van der Waals surface area contributed by atoms with Gasteiger partial charge in [0.15, 0.2) is 6.10 Å². The van der Waals surface area contributed by atoms with Crippen LogP contribution in [0.3, 0.4) is 0 Å². The van der Waals surface area contributed by atoms with Crippen molar-refractivity contribution < 1.29 is 14.3 Å². The van der Waals surface area contributed by atoms with Crippen molar-refractivity contribution in [3.05, 3.63) is 78.4 Å². The van der Waals surface area contributed by atoms with E-state index in [9.17, 15) is 4.79 Å². The number of ether oxygens (including phenoxy) is 2. The molecule has 7 nitrogen and oxygen atoms in total. The normalized spacial score (nSPS) is 18.4. The van der Waals surface area contributed by atoms with Gasteiger partial charge in [-0.05, 0) is 17.7 Å². The molecule has 2 aliphatic rings. The van der Waals surface area contributed by atoms with Crippen LogP contribution in [0.5, 0.6) is 5.75 Å². The molecule has 0 saturated carbocycles. The molecule has 0 spiro atoms. The Morgan fingerprint density at radius 1 is 1.00 bits per heavy atom. The standard InChI is InChI=1S/C24H26N4O3/c29-24(26-12-14-30-15-13-26)22-17-28(20-8-4-5-9-21(20)31-22)18-23-25-10-11-27(23)16-19-6-2-1-3-7-19/h1-11,22H,12-18H2/t22-/m1/s1. The molecule has 1 aromatic heterocycles. The van der Waals surface area contributed by atoms with E-state index < -0.39 is 6.10 Å². The van der Waals surface area contributed by atoms with E-state index in [-0.39, 0.29) is 5.91 Å². The highest BCUT2D eigenvalue weighted by atomic mass is 16.5. The van der Waals surface area contributed by atoms with Crippen molar-refractivity contribution in [1.29, 1.82) is 0 Å². The van der Waals surface area contributed by atoms with Crippen LogP contribution in [-0.4, -0.2) is 59.3 Å². The number of carbonyl (C=O) groups is 1. The molecule has 2 aliphatic heterocycles. The van der Waals surface area contributed by atoms with Gasteiger partial charge >= 0.3 is 0 Å². The minimum absolute atomic E-state index is 0.0235. The third-order valence-corrected chi connectivity index (χ3v) is 5.79. The number of fused-ring (bicyclic) bond motifs is 1. The number of nitrogens with zero attached hydrogens (tertiary/aromatic N) is 4. The number of morpholine rings is 1. The van der Waals surface area contributed by atoms with Gasteiger partial charge in [0.25, 0.3) is 5.91 Å². The lowest BCUT2D eigenvalue weighted by Gasteiger charge is -2.38. The molecular weight excluding hydrogens is 392 g/mol. The fraction of sp³-hybridized carbons (Fsp3) is 0.333. The number of benzene rings is 2. The molecule has 5 rings (SSSR count). The molecule has 31 heavy (non-hydrogen) atoms. The first kappa shape index (κ1) is 19.6. The fourth-order valence-electron chi connectivity index (χ4n) is 4.16. The highest BCUT2D eigenvalue weighted by Crippen LogP contribution is 2.34. The summed E-state index contributed by atoms with van der Waals surface area (Å²) in [4.78, 5) is 21.8. The van der Waals surface area contributed by atoms with Crippen molar-refractivity contribution in [2.24, 2.45) is 0 Å². The Hall–Kier alpha value is -3.32. The van der Waals surface area contributed by atoms with E-state index in [0.717, 1.165) is 23.8 Å². The average molecular weight is 418 g/mol. The van der Waals surface area contributed by atoms with E-state index in [1.54, 1.807) is 0 Å². The van der Waals surface area contributed by atoms with E-state index in [2.05, 4.69) is 26.6 Å². The van der Waals surface area contributed by atoms with Gasteiger partial charge in [-0.3, -0.25) is 4.79 Å². The van der Waals surface area contributed by atoms with Gasteiger partial charge < -0.3 is 23.8 Å². The van der Waals surface area contributed by atoms with Crippen molar-refractivity contribution in [2.75, 3.05) is 37.7 Å². The highest BCUT2D eigenvalue weighted by Gasteiger charge is 2.34. The smallest absolute Gasteiger partial charge is 0.265 e. The molecular formula is C24H26N4O3. The molecule has 0 radical (unpaired) electrons. The van der Waals surface area contributed by atoms with Gasteiger partial charge in [-0.25, -0.2) is 4.98 Å². The number of aromatic nitrogens is 2. The lowest BCUT2D eigenvalue weighted by atomic mass is 10.1. The maximum absolute atomic E-state index is 13.1. The largest absolute Gasteiger partial charge is 0.477 e. The van der Waals surface area contributed by atoms with Crippen molar-refractivity contribution >= 4 is 11.6 Å². The Kier molecular flexibility index (Phi) is 5.58. The third-order valence-electron chi connectivity index (χ3n) is 5.79. The fourth-order valence-corrected chi connectivity index (χ4v) is 4.16. The average Bonchev–Trinajstić information content (AvgIpc) is 3.26. The zero-order chi connectivity index (χ0) is 21.0. The van der Waals surface area contributed by atoms with E-state index in [1.807, 2.05) is 59.8 Å². The van der Waals surface area contributed by atoms with Crippen molar-refractivity contribution in [3.63, 3.8) is 0 Å². The second kappa shape index (κ2) is 8.81. The number of para-hydroxylation sites is 2. The monoisotopic (exact) mass is 418 g/mol. The second-order valence-corrected chi connectivity index (χ2v) is 7.85. The number of anilines is 1. The summed E-state index contributed by atoms with van der Waals surface area (Å²) in [5, 5.41) is 0. The molecule has 1 saturated heterocycles. The molecule has 3 aromatic rings. The molecule has 3 heterocycles. The van der Waals surface area contributed by atoms with Crippen LogP contribution in [0.15, 0.2) is 67.0 Å². The highest BCUT2D eigenvalue weighted by molar-refractivity contribution is 5.83. The van der Waals surface area contributed by atoms with Gasteiger partial charge in [0.1, 0.15) is 11.6 Å². The van der Waals surface area contributed by atoms with Crippen LogP contribution in [0.25, 0.3) is 0 Å². The minimum atomic E-state index is -0.537. The summed E-state index contributed by atoms with van der Waals surface area (Å²) in [6.45, 7) is 4.24. The SMILES string of the molecule is O=C([C@H]1CN(Cc2nccn2Cc2ccccc2)c2ccccc2O1)N1CCOCC1. The zero-order valence-corrected chi connectivity index (χ0v) is 17.4. The predicted molar refractivity (Wildman–Crippen MR) is 117 cm³/mol. The van der Waals surface area contributed by atoms with Crippen LogP contribution in [0.4, 0.5) is 5.69 Å². The maximum atomic E-state index is 13.1. The Labute approximate surface area is 181 Å². The number of amides is 1. The summed E-state index contributed by atoms with van der Waals surface area (Å²) in [7, 11) is 0. The molecule has 7 heteroatoms. The molecule has 1 fully saturated rings. The van der Waals surface area contributed by atoms with Crippen LogP contribution in [0.1, 0.15) is 11.4 Å². The zero-order valence-electron chi connectivity index (χ0n) is 17.4. The van der Waals surface area contributed by atoms with Crippen molar-refractivity contribution in [1.82, 2.24) is 14.5 Å². The number of carbonyl (C=O) groups excluding carboxylic acids is 1. The van der Waals surface area contributed by atoms with Gasteiger partial charge in [-0.15, -0.1) is 0 Å². The van der Waals surface area contributed by atoms with Gasteiger partial charge in [-0.2, -0.15) is 0 Å². The molecule has 160 valence electrons. The Morgan fingerprint density at radius 3 is 2.61 bits per heavy atom. The first-order valence-electron chi connectivity index (χ1n) is 10.7. The topological polar surface area (TPSA) is 59.8 Å². The van der Waals surface area contributed by atoms with E-state index >= 15 is 0 Å². The summed E-state index contributed by atoms with van der Waals surface area (Å²) >= 11 is 0. The Bertz CT molecular complexity index is 1030. The molecule has 1 atom stereocenters. The van der Waals surface area contributed by atoms with Crippen LogP contribution < -0.4 is 9.64 Å². The molecule has 1 amide bonds. The molecule has 0 aliphatic carbocycles. The van der Waals surface area contributed by atoms with E-state index in [0.29, 0.717) is 39.4 Å². The lowest BCUT2D eigenvalue weighted by Crippen LogP contribution is -2.53. The summed E-state index contributed by atoms with van der Waals surface area (Å²) < 4.78 is 13.7. The van der Waals surface area contributed by atoms with Crippen LogP contribution in [0.2, 0.25) is 0 Å². The quantitative estimate of drug-likeness (QED) is 0.637. The van der Waals surface area contributed by atoms with Gasteiger partial charge in [0.05, 0.1) is 32.0 Å². The molecule has 0 N–H and O–H groups in total. The summed E-state index contributed by atoms with van der Waals surface area (Å²) in [5.41, 5.74) is 2.22. The van der Waals surface area contributed by atoms with Crippen LogP contribution in [-0.2, 0) is 22.6 Å². The van der Waals surface area contributed by atoms with Gasteiger partial charge in [0.2, 0.25) is 0 Å². The van der Waals surface area contributed by atoms with Crippen molar-refractivity contribution in [2.45, 2.75) is 19.2 Å². The molecule has 0 unspecified atom stereocenters. The minimum Gasteiger partial charge on any atom is -0.477 e. The summed E-state index contributed by atoms with van der Waals surface area (Å²) in [5.74, 6) is 1.72. The number of rotatable bonds is 5. The van der Waals surface area contributed by atoms with Gasteiger partial charge in [-0.1, -0.05) is 42.5 Å². The first-order valence-corrected chi connectivity index (χ1v) is 10.7. The van der Waals surface area contributed by atoms with E-state index in [1.165, 1.54) is 5.56 Å². The molecule has 0 bridgehead atoms. The Balaban J connectivity index is 1.37. The first-order chi connectivity index (χ1) is 15.3. The van der Waals surface area contributed by atoms with Gasteiger partial charge in [0, 0.05) is 32.0 Å². The number of hydrogen-bond acceptors (Lipinski definition) is 5. The van der Waals surface area contributed by atoms with Crippen LogP contribution in [0, 0.1) is 0 Å². The Morgan fingerprint density at radius 2 is 1.77 bits per heavy atom. The lowest BCUT2D eigenvalue weighted by molar-refractivity contribution is -0.142. The summed E-state index contributed by atoms with van der Waals surface area (Å²) in [6.07, 6.45) is 3.30.